The van der Waals surface area contributed by atoms with Gasteiger partial charge in [0.15, 0.2) is 0 Å². The number of amides is 4. The number of thioether (sulfide) groups is 1. The Bertz CT molecular complexity index is 1430. The second-order valence-corrected chi connectivity index (χ2v) is 10.7. The van der Waals surface area contributed by atoms with Gasteiger partial charge in [-0.3, -0.25) is 19.5 Å². The molecule has 0 spiro atoms. The fourth-order valence-electron chi connectivity index (χ4n) is 5.39. The lowest BCUT2D eigenvalue weighted by Gasteiger charge is -2.34. The summed E-state index contributed by atoms with van der Waals surface area (Å²) in [6.45, 7) is 3.49. The van der Waals surface area contributed by atoms with Crippen LogP contribution in [-0.2, 0) is 9.59 Å². The summed E-state index contributed by atoms with van der Waals surface area (Å²) in [7, 11) is 0. The molecule has 3 aromatic rings. The molecule has 38 heavy (non-hydrogen) atoms. The van der Waals surface area contributed by atoms with E-state index in [-0.39, 0.29) is 29.9 Å². The van der Waals surface area contributed by atoms with Crippen LogP contribution in [0.5, 0.6) is 0 Å². The maximum Gasteiger partial charge on any atom is 0.327 e. The van der Waals surface area contributed by atoms with Gasteiger partial charge in [-0.05, 0) is 43.5 Å². The first-order valence-corrected chi connectivity index (χ1v) is 13.4. The molecule has 10 heteroatoms. The first kappa shape index (κ1) is 24.2. The van der Waals surface area contributed by atoms with Gasteiger partial charge < -0.3 is 16.0 Å². The number of pyridine rings is 2. The summed E-state index contributed by atoms with van der Waals surface area (Å²) in [6, 6.07) is 14.5. The van der Waals surface area contributed by atoms with Gasteiger partial charge in [0.05, 0.1) is 23.1 Å². The zero-order valence-corrected chi connectivity index (χ0v) is 21.3. The highest BCUT2D eigenvalue weighted by atomic mass is 32.2. The van der Waals surface area contributed by atoms with E-state index in [1.165, 1.54) is 17.8 Å². The number of nitrogens with one attached hydrogen (secondary N) is 3. The molecule has 1 aromatic carbocycles. The lowest BCUT2D eigenvalue weighted by atomic mass is 9.99. The first-order chi connectivity index (χ1) is 18.5. The summed E-state index contributed by atoms with van der Waals surface area (Å²) in [6.07, 6.45) is 6.85. The SMILES string of the molecule is C=CC(=O)N[C@H]1CC[C@@H](NC(=O)C2Sc3nccc4c3C2NC(=O)N4c2ccnc(-c3ccccc3)c2)C1. The van der Waals surface area contributed by atoms with Gasteiger partial charge in [-0.2, -0.15) is 0 Å². The number of benzene rings is 1. The third kappa shape index (κ3) is 4.41. The minimum atomic E-state index is -0.538. The second kappa shape index (κ2) is 9.94. The van der Waals surface area contributed by atoms with Crippen molar-refractivity contribution in [3.63, 3.8) is 0 Å². The van der Waals surface area contributed by atoms with E-state index < -0.39 is 11.3 Å². The predicted molar refractivity (Wildman–Crippen MR) is 145 cm³/mol. The number of carbonyl (C=O) groups excluding carboxylic acids is 3. The topological polar surface area (TPSA) is 116 Å². The molecule has 3 N–H and O–H groups in total. The highest BCUT2D eigenvalue weighted by Gasteiger charge is 2.47. The number of carbonyl (C=O) groups is 3. The van der Waals surface area contributed by atoms with E-state index in [0.29, 0.717) is 17.8 Å². The fourth-order valence-corrected chi connectivity index (χ4v) is 6.63. The number of hydrogen-bond donors (Lipinski definition) is 3. The average Bonchev–Trinajstić information content (AvgIpc) is 3.54. The monoisotopic (exact) mass is 526 g/mol. The Kier molecular flexibility index (Phi) is 6.32. The summed E-state index contributed by atoms with van der Waals surface area (Å²) in [5.41, 5.74) is 3.95. The van der Waals surface area contributed by atoms with Crippen molar-refractivity contribution >= 4 is 41.0 Å². The Balaban J connectivity index is 1.23. The molecule has 0 saturated heterocycles. The third-order valence-electron chi connectivity index (χ3n) is 7.15. The number of nitrogens with zero attached hydrogens (tertiary/aromatic N) is 3. The molecule has 4 heterocycles. The Labute approximate surface area is 224 Å². The number of anilines is 2. The van der Waals surface area contributed by atoms with Crippen molar-refractivity contribution in [2.45, 2.75) is 47.7 Å². The highest BCUT2D eigenvalue weighted by molar-refractivity contribution is 8.01. The Morgan fingerprint density at radius 3 is 2.61 bits per heavy atom. The minimum absolute atomic E-state index is 0.0107. The van der Waals surface area contributed by atoms with Crippen molar-refractivity contribution in [2.75, 3.05) is 4.90 Å². The Morgan fingerprint density at radius 2 is 1.82 bits per heavy atom. The molecule has 4 amide bonds. The van der Waals surface area contributed by atoms with Gasteiger partial charge >= 0.3 is 6.03 Å². The normalized spacial score (nSPS) is 23.4. The highest BCUT2D eigenvalue weighted by Crippen LogP contribution is 2.50. The van der Waals surface area contributed by atoms with Crippen LogP contribution in [0, 0.1) is 0 Å². The average molecular weight is 527 g/mol. The van der Waals surface area contributed by atoms with Crippen LogP contribution in [0.4, 0.5) is 16.2 Å². The van der Waals surface area contributed by atoms with E-state index in [4.69, 9.17) is 0 Å². The number of aromatic nitrogens is 2. The van der Waals surface area contributed by atoms with Gasteiger partial charge in [-0.15, -0.1) is 0 Å². The van der Waals surface area contributed by atoms with Crippen molar-refractivity contribution in [1.82, 2.24) is 25.9 Å². The minimum Gasteiger partial charge on any atom is -0.352 e. The number of rotatable bonds is 6. The maximum absolute atomic E-state index is 13.5. The molecule has 1 aliphatic carbocycles. The van der Waals surface area contributed by atoms with Crippen LogP contribution in [-0.4, -0.2) is 45.1 Å². The van der Waals surface area contributed by atoms with E-state index in [0.717, 1.165) is 34.7 Å². The van der Waals surface area contributed by atoms with E-state index in [1.807, 2.05) is 42.5 Å². The quantitative estimate of drug-likeness (QED) is 0.420. The molecule has 6 rings (SSSR count). The van der Waals surface area contributed by atoms with Crippen molar-refractivity contribution in [2.24, 2.45) is 0 Å². The molecular weight excluding hydrogens is 500 g/mol. The second-order valence-electron chi connectivity index (χ2n) is 9.54. The van der Waals surface area contributed by atoms with Gasteiger partial charge in [-0.25, -0.2) is 9.78 Å². The zero-order chi connectivity index (χ0) is 26.2. The summed E-state index contributed by atoms with van der Waals surface area (Å²) in [4.78, 5) is 49.1. The van der Waals surface area contributed by atoms with Crippen LogP contribution in [0.15, 0.2) is 78.6 Å². The van der Waals surface area contributed by atoms with Crippen LogP contribution in [0.3, 0.4) is 0 Å². The van der Waals surface area contributed by atoms with E-state index in [9.17, 15) is 14.4 Å². The first-order valence-electron chi connectivity index (χ1n) is 12.5. The summed E-state index contributed by atoms with van der Waals surface area (Å²) in [5, 5.41) is 9.29. The molecule has 1 saturated carbocycles. The van der Waals surface area contributed by atoms with Crippen LogP contribution in [0.2, 0.25) is 0 Å². The van der Waals surface area contributed by atoms with Crippen LogP contribution >= 0.6 is 11.8 Å². The van der Waals surface area contributed by atoms with Crippen molar-refractivity contribution in [1.29, 1.82) is 0 Å². The number of hydrogen-bond acceptors (Lipinski definition) is 6. The van der Waals surface area contributed by atoms with E-state index >= 15 is 0 Å². The van der Waals surface area contributed by atoms with Crippen LogP contribution in [0.1, 0.15) is 30.9 Å². The largest absolute Gasteiger partial charge is 0.352 e. The van der Waals surface area contributed by atoms with Crippen molar-refractivity contribution in [3.8, 4) is 11.3 Å². The molecule has 2 aliphatic heterocycles. The summed E-state index contributed by atoms with van der Waals surface area (Å²) < 4.78 is 0. The molecule has 1 fully saturated rings. The van der Waals surface area contributed by atoms with Gasteiger partial charge in [-0.1, -0.05) is 48.7 Å². The molecule has 0 bridgehead atoms. The Morgan fingerprint density at radius 1 is 1.05 bits per heavy atom. The molecule has 4 atom stereocenters. The maximum atomic E-state index is 13.5. The van der Waals surface area contributed by atoms with Crippen molar-refractivity contribution in [3.05, 3.63) is 79.1 Å². The molecule has 2 unspecified atom stereocenters. The van der Waals surface area contributed by atoms with E-state index in [2.05, 4.69) is 32.5 Å². The van der Waals surface area contributed by atoms with Crippen LogP contribution < -0.4 is 20.9 Å². The smallest absolute Gasteiger partial charge is 0.327 e. The van der Waals surface area contributed by atoms with Gasteiger partial charge in [0.2, 0.25) is 11.8 Å². The summed E-state index contributed by atoms with van der Waals surface area (Å²) >= 11 is 1.37. The predicted octanol–water partition coefficient (Wildman–Crippen LogP) is 3.86. The van der Waals surface area contributed by atoms with Gasteiger partial charge in [0.25, 0.3) is 0 Å². The lowest BCUT2D eigenvalue weighted by Crippen LogP contribution is -2.50. The van der Waals surface area contributed by atoms with E-state index in [1.54, 1.807) is 23.4 Å². The Hall–Kier alpha value is -4.18. The fraction of sp³-hybridized carbons (Fsp3) is 0.250. The standard InChI is InChI=1S/C28H26N6O3S/c1-2-22(35)31-17-8-9-18(14-17)32-26(36)25-24-23-21(11-13-30-27(23)38-25)34(28(37)33-24)19-10-12-29-20(15-19)16-6-4-3-5-7-16/h2-7,10-13,15,17-18,24-25H,1,8-9,14H2,(H,31,35)(H,32,36)(H,33,37)/t17-,18+,24?,25?/m0/s1. The van der Waals surface area contributed by atoms with Gasteiger partial charge in [0, 0.05) is 35.6 Å². The molecule has 192 valence electrons. The molecular formula is C28H26N6O3S. The molecule has 3 aliphatic rings. The zero-order valence-electron chi connectivity index (χ0n) is 20.5. The lowest BCUT2D eigenvalue weighted by molar-refractivity contribution is -0.121. The molecule has 2 aromatic heterocycles. The van der Waals surface area contributed by atoms with Gasteiger partial charge in [0.1, 0.15) is 10.3 Å². The third-order valence-corrected chi connectivity index (χ3v) is 8.44. The number of urea groups is 1. The van der Waals surface area contributed by atoms with Crippen LogP contribution in [0.25, 0.3) is 11.3 Å². The molecule has 0 radical (unpaired) electrons. The molecule has 9 nitrogen and oxygen atoms in total. The summed E-state index contributed by atoms with van der Waals surface area (Å²) in [5.74, 6) is -0.351. The van der Waals surface area contributed by atoms with Crippen molar-refractivity contribution < 1.29 is 14.4 Å².